The van der Waals surface area contributed by atoms with Crippen molar-refractivity contribution in [1.82, 2.24) is 33.9 Å². The number of carbonyl (C=O) groups is 1. The third-order valence-electron chi connectivity index (χ3n) is 14.1. The lowest BCUT2D eigenvalue weighted by Gasteiger charge is -2.63. The Morgan fingerprint density at radius 1 is 1.06 bits per heavy atom. The number of rotatable bonds is 15. The number of anilines is 3. The normalized spacial score (nSPS) is 18.3. The quantitative estimate of drug-likeness (QED) is 0.0805. The third kappa shape index (κ3) is 7.86. The number of hydrogen-bond acceptors (Lipinski definition) is 12. The molecule has 2 saturated carbocycles. The summed E-state index contributed by atoms with van der Waals surface area (Å²) in [5.74, 6) is -0.502. The van der Waals surface area contributed by atoms with Gasteiger partial charge < -0.3 is 24.6 Å². The number of benzene rings is 3. The second kappa shape index (κ2) is 16.8. The molecule has 17 heteroatoms. The topological polar surface area (TPSA) is 140 Å². The molecule has 14 nitrogen and oxygen atoms in total. The minimum Gasteiger partial charge on any atom is -0.453 e. The van der Waals surface area contributed by atoms with Crippen LogP contribution in [0.1, 0.15) is 63.5 Å². The fourth-order valence-corrected chi connectivity index (χ4v) is 10.7. The Hall–Kier alpha value is -5.70. The molecule has 2 aliphatic heterocycles. The number of carbonyl (C=O) groups excluding carboxylic acids is 1. The summed E-state index contributed by atoms with van der Waals surface area (Å²) in [7, 11) is 5.51. The highest BCUT2D eigenvalue weighted by atomic mass is 32.2. The molecule has 9 rings (SSSR count). The first kappa shape index (κ1) is 42.6. The van der Waals surface area contributed by atoms with Gasteiger partial charge in [-0.3, -0.25) is 23.7 Å². The number of halogens is 2. The van der Waals surface area contributed by atoms with Crippen LogP contribution in [0.5, 0.6) is 11.5 Å². The van der Waals surface area contributed by atoms with Crippen LogP contribution in [0.4, 0.5) is 26.0 Å². The molecule has 4 fully saturated rings. The molecular weight excluding hydrogens is 825 g/mol. The summed E-state index contributed by atoms with van der Waals surface area (Å²) in [6, 6.07) is 13.7. The van der Waals surface area contributed by atoms with Crippen LogP contribution in [0.25, 0.3) is 21.8 Å². The van der Waals surface area contributed by atoms with Gasteiger partial charge in [-0.2, -0.15) is 10.4 Å². The average Bonchev–Trinajstić information content (AvgIpc) is 3.56. The van der Waals surface area contributed by atoms with Gasteiger partial charge in [0, 0.05) is 87.4 Å². The summed E-state index contributed by atoms with van der Waals surface area (Å²) in [6.07, 6.45) is 9.17. The first-order valence-electron chi connectivity index (χ1n) is 21.6. The predicted molar refractivity (Wildman–Crippen MR) is 243 cm³/mol. The van der Waals surface area contributed by atoms with Crippen molar-refractivity contribution in [1.29, 1.82) is 5.26 Å². The third-order valence-corrected chi connectivity index (χ3v) is 15.0. The largest absolute Gasteiger partial charge is 0.453 e. The van der Waals surface area contributed by atoms with Crippen LogP contribution in [0.2, 0.25) is 0 Å². The molecular formula is C46H53F2N11O3S. The molecule has 0 unspecified atom stereocenters. The number of aromatic nitrogens is 4. The molecule has 330 valence electrons. The molecule has 4 heterocycles. The first-order valence-corrected chi connectivity index (χ1v) is 22.4. The molecule has 0 bridgehead atoms. The molecule has 0 radical (unpaired) electrons. The van der Waals surface area contributed by atoms with Crippen LogP contribution < -0.4 is 30.1 Å². The Labute approximate surface area is 369 Å². The van der Waals surface area contributed by atoms with E-state index in [2.05, 4.69) is 42.6 Å². The van der Waals surface area contributed by atoms with Crippen LogP contribution in [-0.2, 0) is 11.8 Å². The lowest BCUT2D eigenvalue weighted by Crippen LogP contribution is -2.67. The van der Waals surface area contributed by atoms with E-state index in [0.29, 0.717) is 52.5 Å². The molecule has 1 amide bonds. The van der Waals surface area contributed by atoms with E-state index in [1.165, 1.54) is 35.2 Å². The van der Waals surface area contributed by atoms with Crippen LogP contribution in [-0.4, -0.2) is 94.4 Å². The molecule has 2 saturated heterocycles. The lowest BCUT2D eigenvalue weighted by molar-refractivity contribution is -0.107. The maximum atomic E-state index is 15.7. The van der Waals surface area contributed by atoms with Crippen LogP contribution in [0.15, 0.2) is 65.9 Å². The van der Waals surface area contributed by atoms with Gasteiger partial charge in [0.05, 0.1) is 34.1 Å². The van der Waals surface area contributed by atoms with Crippen molar-refractivity contribution in [3.05, 3.63) is 88.6 Å². The van der Waals surface area contributed by atoms with Gasteiger partial charge in [-0.25, -0.2) is 18.1 Å². The van der Waals surface area contributed by atoms with E-state index in [1.54, 1.807) is 40.8 Å². The van der Waals surface area contributed by atoms with Gasteiger partial charge in [0.25, 0.3) is 5.56 Å². The van der Waals surface area contributed by atoms with E-state index < -0.39 is 5.82 Å². The van der Waals surface area contributed by atoms with E-state index in [9.17, 15) is 14.9 Å². The first-order chi connectivity index (χ1) is 30.4. The average molecular weight is 878 g/mol. The molecule has 63 heavy (non-hydrogen) atoms. The minimum absolute atomic E-state index is 0.0312. The summed E-state index contributed by atoms with van der Waals surface area (Å²) in [6.45, 7) is 10.8. The van der Waals surface area contributed by atoms with Gasteiger partial charge in [-0.05, 0) is 107 Å². The van der Waals surface area contributed by atoms with Crippen LogP contribution >= 0.6 is 12.1 Å². The monoisotopic (exact) mass is 877 g/mol. The molecule has 2 aliphatic carbocycles. The van der Waals surface area contributed by atoms with Crippen molar-refractivity contribution in [2.45, 2.75) is 64.0 Å². The van der Waals surface area contributed by atoms with Gasteiger partial charge in [-0.1, -0.05) is 13.5 Å². The van der Waals surface area contributed by atoms with Crippen molar-refractivity contribution >= 4 is 57.5 Å². The molecule has 2 N–H and O–H groups in total. The van der Waals surface area contributed by atoms with Gasteiger partial charge in [0.2, 0.25) is 6.41 Å². The van der Waals surface area contributed by atoms with Crippen molar-refractivity contribution < 1.29 is 18.3 Å². The number of fused-ring (bicyclic) bond motifs is 2. The Kier molecular flexibility index (Phi) is 11.3. The zero-order chi connectivity index (χ0) is 44.2. The number of nitrogens with one attached hydrogen (secondary N) is 2. The zero-order valence-electron chi connectivity index (χ0n) is 36.2. The fraction of sp³-hybridized carbons (Fsp3) is 0.457. The van der Waals surface area contributed by atoms with Gasteiger partial charge in [0.15, 0.2) is 17.4 Å². The van der Waals surface area contributed by atoms with Crippen molar-refractivity contribution in [3.8, 4) is 17.6 Å². The number of nitrogens with zero attached hydrogens (tertiary/aromatic N) is 9. The van der Waals surface area contributed by atoms with E-state index in [1.807, 2.05) is 31.4 Å². The lowest BCUT2D eigenvalue weighted by atomic mass is 9.57. The number of aryl methyl sites for hydroxylation is 1. The standard InChI is InChI=1S/C46H53F2N11O3S/c1-6-54(4)63-53-39-10-8-36(47)42(35(39)24-49)62-32-7-9-38-33(17-32)44(61)59(27-51-38)31-22-45(23-31)12-15-56(16-13-45)30-20-46(21-30)25-58(26-46)41-19-40-34(18-37(41)48)43(52-55(40)5)57(28-60)14-11-29(2)50-3/h7-10,17-19,27-28,30-31,50,53H,2,6,11-16,20-23,25-26H2,1,3-5H3. The van der Waals surface area contributed by atoms with Crippen molar-refractivity contribution in [2.75, 3.05) is 67.9 Å². The Balaban J connectivity index is 0.786. The summed E-state index contributed by atoms with van der Waals surface area (Å²) in [4.78, 5) is 36.8. The van der Waals surface area contributed by atoms with E-state index in [4.69, 9.17) is 4.74 Å². The Morgan fingerprint density at radius 3 is 2.51 bits per heavy atom. The van der Waals surface area contributed by atoms with Crippen LogP contribution in [0, 0.1) is 33.8 Å². The van der Waals surface area contributed by atoms with Crippen molar-refractivity contribution in [2.24, 2.45) is 17.9 Å². The summed E-state index contributed by atoms with van der Waals surface area (Å²) >= 11 is 1.29. The molecule has 2 aromatic heterocycles. The van der Waals surface area contributed by atoms with E-state index in [-0.39, 0.29) is 45.3 Å². The smallest absolute Gasteiger partial charge is 0.261 e. The van der Waals surface area contributed by atoms with E-state index >= 15 is 8.78 Å². The number of likely N-dealkylation sites (tertiary alicyclic amines) is 1. The fourth-order valence-electron chi connectivity index (χ4n) is 10.2. The van der Waals surface area contributed by atoms with Gasteiger partial charge in [0.1, 0.15) is 23.2 Å². The van der Waals surface area contributed by atoms with Gasteiger partial charge in [-0.15, -0.1) is 0 Å². The number of piperidine rings is 1. The summed E-state index contributed by atoms with van der Waals surface area (Å²) in [5.41, 5.74) is 3.39. The van der Waals surface area contributed by atoms with E-state index in [0.717, 1.165) is 88.9 Å². The SMILES string of the molecule is C=C(CCN(C=O)c1nn(C)c2cc(N3CC4(CC(N5CCC6(CC5)CC(n5cnc7ccc(Oc8c(F)ccc(NSN(C)CC)c8C#N)cc7c5=O)C6)C4)C3)c(F)cc12)NC. The van der Waals surface area contributed by atoms with Crippen molar-refractivity contribution in [3.63, 3.8) is 0 Å². The molecule has 2 spiro atoms. The second-order valence-electron chi connectivity index (χ2n) is 18.0. The molecule has 0 atom stereocenters. The minimum atomic E-state index is -0.678. The highest BCUT2D eigenvalue weighted by molar-refractivity contribution is 7.98. The molecule has 5 aromatic rings. The molecule has 3 aromatic carbocycles. The maximum absolute atomic E-state index is 15.7. The summed E-state index contributed by atoms with van der Waals surface area (Å²) in [5, 5.41) is 18.5. The Morgan fingerprint density at radius 2 is 1.81 bits per heavy atom. The zero-order valence-corrected chi connectivity index (χ0v) is 37.0. The van der Waals surface area contributed by atoms with Crippen LogP contribution in [0.3, 0.4) is 0 Å². The Bertz CT molecular complexity index is 2690. The number of hydrogen-bond donors (Lipinski definition) is 2. The maximum Gasteiger partial charge on any atom is 0.261 e. The summed E-state index contributed by atoms with van der Waals surface area (Å²) < 4.78 is 45.2. The van der Waals surface area contributed by atoms with Gasteiger partial charge >= 0.3 is 0 Å². The molecule has 4 aliphatic rings. The highest BCUT2D eigenvalue weighted by Crippen LogP contribution is 2.57. The second-order valence-corrected chi connectivity index (χ2v) is 19.0. The predicted octanol–water partition coefficient (Wildman–Crippen LogP) is 7.32. The number of amides is 1. The highest BCUT2D eigenvalue weighted by Gasteiger charge is 2.56. The number of ether oxygens (including phenoxy) is 1. The number of nitriles is 1.